The van der Waals surface area contributed by atoms with Crippen molar-refractivity contribution >= 4 is 23.8 Å². The van der Waals surface area contributed by atoms with Gasteiger partial charge in [0, 0.05) is 5.56 Å². The molecule has 8 nitrogen and oxygen atoms in total. The summed E-state index contributed by atoms with van der Waals surface area (Å²) in [5.41, 5.74) is 0.883. The molecule has 1 aromatic carbocycles. The van der Waals surface area contributed by atoms with E-state index < -0.39 is 23.9 Å². The first kappa shape index (κ1) is 18.4. The standard InChI is InChI=1S/C17H21N3O5/c1-10(2)6-13(16(23)24)19-15(22)12-5-3-4-11(7-12)9-20-14(21)8-18-17(20)25/h3-5,7,10,13H,6,8-9H2,1-2H3,(H,18,25)(H,19,22)(H,23,24). The Kier molecular flexibility index (Phi) is 5.74. The second kappa shape index (κ2) is 7.78. The SMILES string of the molecule is CC(C)CC(NC(=O)c1cccc(CN2C(=O)CNC2=O)c1)C(=O)O. The van der Waals surface area contributed by atoms with Crippen molar-refractivity contribution < 1.29 is 24.3 Å². The van der Waals surface area contributed by atoms with Gasteiger partial charge in [0.05, 0.1) is 13.1 Å². The zero-order valence-electron chi connectivity index (χ0n) is 14.1. The number of hydrogen-bond donors (Lipinski definition) is 3. The molecule has 1 saturated heterocycles. The summed E-state index contributed by atoms with van der Waals surface area (Å²) < 4.78 is 0. The minimum absolute atomic E-state index is 0.0332. The number of carboxylic acid groups (broad SMARTS) is 1. The molecule has 1 heterocycles. The molecule has 0 spiro atoms. The predicted octanol–water partition coefficient (Wildman–Crippen LogP) is 0.967. The fraction of sp³-hybridized carbons (Fsp3) is 0.412. The van der Waals surface area contributed by atoms with Crippen LogP contribution in [0.15, 0.2) is 24.3 Å². The third kappa shape index (κ3) is 4.79. The van der Waals surface area contributed by atoms with E-state index in [1.165, 1.54) is 0 Å². The summed E-state index contributed by atoms with van der Waals surface area (Å²) in [5, 5.41) is 14.1. The fourth-order valence-electron chi connectivity index (χ4n) is 2.54. The van der Waals surface area contributed by atoms with Crippen LogP contribution in [0, 0.1) is 5.92 Å². The molecule has 0 aliphatic carbocycles. The lowest BCUT2D eigenvalue weighted by atomic mass is 10.0. The largest absolute Gasteiger partial charge is 0.480 e. The molecule has 0 saturated carbocycles. The normalized spacial score (nSPS) is 15.2. The Morgan fingerprint density at radius 2 is 2.04 bits per heavy atom. The second-order valence-corrected chi connectivity index (χ2v) is 6.33. The van der Waals surface area contributed by atoms with Crippen molar-refractivity contribution in [2.24, 2.45) is 5.92 Å². The summed E-state index contributed by atoms with van der Waals surface area (Å²) in [7, 11) is 0. The maximum Gasteiger partial charge on any atom is 0.326 e. The third-order valence-corrected chi connectivity index (χ3v) is 3.78. The highest BCUT2D eigenvalue weighted by Crippen LogP contribution is 2.12. The van der Waals surface area contributed by atoms with Gasteiger partial charge in [0.15, 0.2) is 0 Å². The van der Waals surface area contributed by atoms with E-state index in [1.807, 2.05) is 13.8 Å². The number of aliphatic carboxylic acids is 1. The Morgan fingerprint density at radius 3 is 2.60 bits per heavy atom. The second-order valence-electron chi connectivity index (χ2n) is 6.33. The highest BCUT2D eigenvalue weighted by Gasteiger charge is 2.28. The highest BCUT2D eigenvalue weighted by molar-refractivity contribution is 6.02. The summed E-state index contributed by atoms with van der Waals surface area (Å²) in [6, 6.07) is 4.98. The van der Waals surface area contributed by atoms with Gasteiger partial charge in [-0.3, -0.25) is 14.5 Å². The molecule has 1 aliphatic rings. The average Bonchev–Trinajstić information content (AvgIpc) is 2.86. The van der Waals surface area contributed by atoms with Crippen LogP contribution in [0.5, 0.6) is 0 Å². The molecule has 1 fully saturated rings. The van der Waals surface area contributed by atoms with Crippen LogP contribution >= 0.6 is 0 Å². The average molecular weight is 347 g/mol. The molecule has 0 radical (unpaired) electrons. The van der Waals surface area contributed by atoms with Gasteiger partial charge in [-0.05, 0) is 30.0 Å². The van der Waals surface area contributed by atoms with Crippen molar-refractivity contribution in [3.8, 4) is 0 Å². The molecule has 2 rings (SSSR count). The highest BCUT2D eigenvalue weighted by atomic mass is 16.4. The van der Waals surface area contributed by atoms with Crippen LogP contribution in [-0.4, -0.2) is 46.4 Å². The molecule has 25 heavy (non-hydrogen) atoms. The van der Waals surface area contributed by atoms with Crippen molar-refractivity contribution in [2.75, 3.05) is 6.54 Å². The Labute approximate surface area is 145 Å². The maximum atomic E-state index is 12.3. The monoisotopic (exact) mass is 347 g/mol. The third-order valence-electron chi connectivity index (χ3n) is 3.78. The maximum absolute atomic E-state index is 12.3. The molecule has 134 valence electrons. The van der Waals surface area contributed by atoms with Crippen molar-refractivity contribution in [3.05, 3.63) is 35.4 Å². The van der Waals surface area contributed by atoms with Crippen LogP contribution in [-0.2, 0) is 16.1 Å². The number of imide groups is 1. The predicted molar refractivity (Wildman–Crippen MR) is 88.7 cm³/mol. The van der Waals surface area contributed by atoms with Gasteiger partial charge in [0.1, 0.15) is 6.04 Å². The summed E-state index contributed by atoms with van der Waals surface area (Å²) in [4.78, 5) is 47.9. The van der Waals surface area contributed by atoms with E-state index in [1.54, 1.807) is 24.3 Å². The van der Waals surface area contributed by atoms with Crippen molar-refractivity contribution in [1.29, 1.82) is 0 Å². The van der Waals surface area contributed by atoms with E-state index in [2.05, 4.69) is 10.6 Å². The van der Waals surface area contributed by atoms with Crippen LogP contribution < -0.4 is 10.6 Å². The Balaban J connectivity index is 2.09. The number of benzene rings is 1. The molecular weight excluding hydrogens is 326 g/mol. The van der Waals surface area contributed by atoms with Crippen LogP contribution in [0.3, 0.4) is 0 Å². The van der Waals surface area contributed by atoms with E-state index in [-0.39, 0.29) is 30.5 Å². The van der Waals surface area contributed by atoms with E-state index in [4.69, 9.17) is 0 Å². The Hall–Kier alpha value is -2.90. The molecule has 1 aliphatic heterocycles. The zero-order chi connectivity index (χ0) is 18.6. The summed E-state index contributed by atoms with van der Waals surface area (Å²) in [6.45, 7) is 3.77. The molecule has 0 bridgehead atoms. The minimum atomic E-state index is -1.09. The molecule has 4 amide bonds. The number of carbonyl (C=O) groups is 4. The minimum Gasteiger partial charge on any atom is -0.480 e. The van der Waals surface area contributed by atoms with E-state index in [9.17, 15) is 24.3 Å². The number of carboxylic acids is 1. The molecule has 0 aromatic heterocycles. The molecular formula is C17H21N3O5. The number of nitrogens with zero attached hydrogens (tertiary/aromatic N) is 1. The van der Waals surface area contributed by atoms with Gasteiger partial charge in [-0.1, -0.05) is 26.0 Å². The van der Waals surface area contributed by atoms with Crippen molar-refractivity contribution in [3.63, 3.8) is 0 Å². The number of urea groups is 1. The van der Waals surface area contributed by atoms with Crippen molar-refractivity contribution in [2.45, 2.75) is 32.9 Å². The lowest BCUT2D eigenvalue weighted by Gasteiger charge is -2.17. The van der Waals surface area contributed by atoms with Crippen LogP contribution in [0.2, 0.25) is 0 Å². The topological polar surface area (TPSA) is 116 Å². The smallest absolute Gasteiger partial charge is 0.326 e. The molecule has 1 aromatic rings. The number of rotatable bonds is 7. The molecule has 8 heteroatoms. The Bertz CT molecular complexity index is 685. The van der Waals surface area contributed by atoms with Crippen LogP contribution in [0.1, 0.15) is 36.2 Å². The molecule has 1 atom stereocenters. The van der Waals surface area contributed by atoms with Crippen LogP contribution in [0.4, 0.5) is 4.79 Å². The van der Waals surface area contributed by atoms with Crippen LogP contribution in [0.25, 0.3) is 0 Å². The summed E-state index contributed by atoms with van der Waals surface area (Å²) in [6.07, 6.45) is 0.323. The van der Waals surface area contributed by atoms with Crippen molar-refractivity contribution in [1.82, 2.24) is 15.5 Å². The van der Waals surface area contributed by atoms with E-state index in [0.29, 0.717) is 12.0 Å². The number of nitrogens with one attached hydrogen (secondary N) is 2. The van der Waals surface area contributed by atoms with Gasteiger partial charge >= 0.3 is 12.0 Å². The number of carbonyl (C=O) groups excluding carboxylic acids is 3. The van der Waals surface area contributed by atoms with Gasteiger partial charge in [0.2, 0.25) is 5.91 Å². The van der Waals surface area contributed by atoms with E-state index >= 15 is 0 Å². The van der Waals surface area contributed by atoms with Gasteiger partial charge in [0.25, 0.3) is 5.91 Å². The first-order valence-corrected chi connectivity index (χ1v) is 7.98. The summed E-state index contributed by atoms with van der Waals surface area (Å²) >= 11 is 0. The lowest BCUT2D eigenvalue weighted by Crippen LogP contribution is -2.41. The van der Waals surface area contributed by atoms with Gasteiger partial charge in [-0.2, -0.15) is 0 Å². The first-order chi connectivity index (χ1) is 11.8. The summed E-state index contributed by atoms with van der Waals surface area (Å²) in [5.74, 6) is -1.81. The number of hydrogen-bond acceptors (Lipinski definition) is 4. The van der Waals surface area contributed by atoms with Gasteiger partial charge in [-0.15, -0.1) is 0 Å². The molecule has 1 unspecified atom stereocenters. The quantitative estimate of drug-likeness (QED) is 0.636. The van der Waals surface area contributed by atoms with E-state index in [0.717, 1.165) is 4.90 Å². The zero-order valence-corrected chi connectivity index (χ0v) is 14.1. The van der Waals surface area contributed by atoms with Gasteiger partial charge in [-0.25, -0.2) is 9.59 Å². The first-order valence-electron chi connectivity index (χ1n) is 7.98. The molecule has 3 N–H and O–H groups in total. The van der Waals surface area contributed by atoms with Gasteiger partial charge < -0.3 is 15.7 Å². The fourth-order valence-corrected chi connectivity index (χ4v) is 2.54. The Morgan fingerprint density at radius 1 is 1.32 bits per heavy atom. The lowest BCUT2D eigenvalue weighted by molar-refractivity contribution is -0.139. The number of amides is 4.